The molecule has 0 saturated heterocycles. The van der Waals surface area contributed by atoms with Crippen LogP contribution in [0.4, 0.5) is 15.8 Å². The van der Waals surface area contributed by atoms with Crippen molar-refractivity contribution in [1.29, 1.82) is 0 Å². The van der Waals surface area contributed by atoms with Crippen LogP contribution in [0.2, 0.25) is 5.02 Å². The number of rotatable bonds is 5. The quantitative estimate of drug-likeness (QED) is 0.649. The molecule has 1 unspecified atom stereocenters. The summed E-state index contributed by atoms with van der Waals surface area (Å²) < 4.78 is 13.1. The Morgan fingerprint density at radius 3 is 2.73 bits per heavy atom. The Hall–Kier alpha value is -2.18. The molecule has 2 rings (SSSR count). The number of nitrogens with zero attached hydrogens (tertiary/aromatic N) is 1. The zero-order valence-corrected chi connectivity index (χ0v) is 12.5. The Kier molecular flexibility index (Phi) is 4.63. The molecule has 2 aromatic carbocycles. The summed E-state index contributed by atoms with van der Waals surface area (Å²) in [6, 6.07) is 9.90. The first-order chi connectivity index (χ1) is 10.3. The van der Waals surface area contributed by atoms with Gasteiger partial charge in [0.05, 0.1) is 11.0 Å². The standard InChI is InChI=1S/C15H14ClFN2O3/c1-15(20,10-3-2-4-11(16)7-10)9-18-13-6-5-12(17)8-14(13)19(21)22/h2-8,18,20H,9H2,1H3. The van der Waals surface area contributed by atoms with Crippen molar-refractivity contribution in [3.63, 3.8) is 0 Å². The molecule has 0 aliphatic carbocycles. The SMILES string of the molecule is CC(O)(CNc1ccc(F)cc1[N+](=O)[O-])c1cccc(Cl)c1. The van der Waals surface area contributed by atoms with Crippen molar-refractivity contribution in [2.24, 2.45) is 0 Å². The van der Waals surface area contributed by atoms with E-state index < -0.39 is 16.3 Å². The van der Waals surface area contributed by atoms with Crippen molar-refractivity contribution < 1.29 is 14.4 Å². The molecule has 0 fully saturated rings. The van der Waals surface area contributed by atoms with Gasteiger partial charge in [-0.3, -0.25) is 10.1 Å². The van der Waals surface area contributed by atoms with Gasteiger partial charge in [-0.2, -0.15) is 0 Å². The van der Waals surface area contributed by atoms with Gasteiger partial charge in [-0.25, -0.2) is 4.39 Å². The summed E-state index contributed by atoms with van der Waals surface area (Å²) in [6.07, 6.45) is 0. The number of nitro groups is 1. The fourth-order valence-corrected chi connectivity index (χ4v) is 2.19. The van der Waals surface area contributed by atoms with Gasteiger partial charge in [0.1, 0.15) is 17.1 Å². The second kappa shape index (κ2) is 6.29. The number of nitrogens with one attached hydrogen (secondary N) is 1. The van der Waals surface area contributed by atoms with Gasteiger partial charge in [0, 0.05) is 11.6 Å². The first-order valence-corrected chi connectivity index (χ1v) is 6.83. The number of aliphatic hydroxyl groups is 1. The van der Waals surface area contributed by atoms with E-state index in [0.717, 1.165) is 12.1 Å². The fraction of sp³-hybridized carbons (Fsp3) is 0.200. The summed E-state index contributed by atoms with van der Waals surface area (Å²) in [5, 5.41) is 24.7. The highest BCUT2D eigenvalue weighted by molar-refractivity contribution is 6.30. The molecule has 0 aliphatic heterocycles. The van der Waals surface area contributed by atoms with E-state index in [4.69, 9.17) is 11.6 Å². The first-order valence-electron chi connectivity index (χ1n) is 6.46. The number of halogens is 2. The lowest BCUT2D eigenvalue weighted by Gasteiger charge is -2.25. The lowest BCUT2D eigenvalue weighted by atomic mass is 9.96. The van der Waals surface area contributed by atoms with E-state index in [1.54, 1.807) is 31.2 Å². The van der Waals surface area contributed by atoms with E-state index in [9.17, 15) is 19.6 Å². The number of hydrogen-bond acceptors (Lipinski definition) is 4. The molecule has 2 aromatic rings. The van der Waals surface area contributed by atoms with Crippen LogP contribution in [-0.2, 0) is 5.60 Å². The molecule has 22 heavy (non-hydrogen) atoms. The molecule has 0 radical (unpaired) electrons. The van der Waals surface area contributed by atoms with E-state index in [0.29, 0.717) is 10.6 Å². The maximum absolute atomic E-state index is 13.1. The molecule has 0 heterocycles. The van der Waals surface area contributed by atoms with E-state index in [1.165, 1.54) is 6.07 Å². The Morgan fingerprint density at radius 2 is 2.09 bits per heavy atom. The van der Waals surface area contributed by atoms with Crippen LogP contribution in [-0.4, -0.2) is 16.6 Å². The topological polar surface area (TPSA) is 75.4 Å². The largest absolute Gasteiger partial charge is 0.384 e. The number of benzene rings is 2. The summed E-state index contributed by atoms with van der Waals surface area (Å²) >= 11 is 5.89. The van der Waals surface area contributed by atoms with E-state index in [1.807, 2.05) is 0 Å². The molecule has 2 N–H and O–H groups in total. The van der Waals surface area contributed by atoms with Gasteiger partial charge in [0.15, 0.2) is 0 Å². The summed E-state index contributed by atoms with van der Waals surface area (Å²) in [6.45, 7) is 1.56. The Labute approximate surface area is 131 Å². The molecule has 0 saturated carbocycles. The fourth-order valence-electron chi connectivity index (χ4n) is 2.00. The van der Waals surface area contributed by atoms with Crippen LogP contribution in [0.3, 0.4) is 0 Å². The van der Waals surface area contributed by atoms with Gasteiger partial charge in [-0.1, -0.05) is 23.7 Å². The van der Waals surface area contributed by atoms with Gasteiger partial charge in [0.25, 0.3) is 5.69 Å². The highest BCUT2D eigenvalue weighted by Crippen LogP contribution is 2.28. The van der Waals surface area contributed by atoms with Crippen molar-refractivity contribution in [3.8, 4) is 0 Å². The third-order valence-electron chi connectivity index (χ3n) is 3.23. The maximum atomic E-state index is 13.1. The molecule has 7 heteroatoms. The minimum Gasteiger partial charge on any atom is -0.384 e. The average molecular weight is 325 g/mol. The highest BCUT2D eigenvalue weighted by Gasteiger charge is 2.25. The molecule has 1 atom stereocenters. The maximum Gasteiger partial charge on any atom is 0.295 e. The second-order valence-electron chi connectivity index (χ2n) is 5.06. The van der Waals surface area contributed by atoms with Crippen LogP contribution in [0.15, 0.2) is 42.5 Å². The Morgan fingerprint density at radius 1 is 1.36 bits per heavy atom. The number of anilines is 1. The van der Waals surface area contributed by atoms with Gasteiger partial charge in [-0.15, -0.1) is 0 Å². The molecular formula is C15H14ClFN2O3. The monoisotopic (exact) mass is 324 g/mol. The van der Waals surface area contributed by atoms with Crippen LogP contribution < -0.4 is 5.32 Å². The zero-order chi connectivity index (χ0) is 16.3. The molecule has 0 aromatic heterocycles. The smallest absolute Gasteiger partial charge is 0.295 e. The average Bonchev–Trinajstić information content (AvgIpc) is 2.46. The van der Waals surface area contributed by atoms with Gasteiger partial charge < -0.3 is 10.4 Å². The predicted octanol–water partition coefficient (Wildman–Crippen LogP) is 3.71. The van der Waals surface area contributed by atoms with Crippen molar-refractivity contribution in [3.05, 3.63) is 69.0 Å². The molecule has 5 nitrogen and oxygen atoms in total. The number of hydrogen-bond donors (Lipinski definition) is 2. The van der Waals surface area contributed by atoms with Crippen molar-refractivity contribution in [2.45, 2.75) is 12.5 Å². The molecule has 0 bridgehead atoms. The Balaban J connectivity index is 2.20. The summed E-state index contributed by atoms with van der Waals surface area (Å²) in [7, 11) is 0. The third-order valence-corrected chi connectivity index (χ3v) is 3.46. The molecule has 0 amide bonds. The highest BCUT2D eigenvalue weighted by atomic mass is 35.5. The number of nitro benzene ring substituents is 1. The lowest BCUT2D eigenvalue weighted by molar-refractivity contribution is -0.384. The van der Waals surface area contributed by atoms with Crippen LogP contribution in [0.25, 0.3) is 0 Å². The van der Waals surface area contributed by atoms with Crippen molar-refractivity contribution in [2.75, 3.05) is 11.9 Å². The summed E-state index contributed by atoms with van der Waals surface area (Å²) in [4.78, 5) is 10.3. The third kappa shape index (κ3) is 3.72. The van der Waals surface area contributed by atoms with Crippen LogP contribution >= 0.6 is 11.6 Å². The molecule has 0 aliphatic rings. The lowest BCUT2D eigenvalue weighted by Crippen LogP contribution is -2.30. The molecule has 116 valence electrons. The van der Waals surface area contributed by atoms with Crippen LogP contribution in [0, 0.1) is 15.9 Å². The zero-order valence-electron chi connectivity index (χ0n) is 11.7. The summed E-state index contributed by atoms with van der Waals surface area (Å²) in [5.74, 6) is -0.696. The van der Waals surface area contributed by atoms with Gasteiger partial charge >= 0.3 is 0 Å². The summed E-state index contributed by atoms with van der Waals surface area (Å²) in [5.41, 5.74) is -0.986. The minimum absolute atomic E-state index is 0.000184. The van der Waals surface area contributed by atoms with Crippen molar-refractivity contribution >= 4 is 23.0 Å². The predicted molar refractivity (Wildman–Crippen MR) is 82.6 cm³/mol. The molecular weight excluding hydrogens is 311 g/mol. The van der Waals surface area contributed by atoms with Crippen LogP contribution in [0.5, 0.6) is 0 Å². The van der Waals surface area contributed by atoms with Gasteiger partial charge in [-0.05, 0) is 36.8 Å². The molecule has 0 spiro atoms. The van der Waals surface area contributed by atoms with E-state index in [-0.39, 0.29) is 17.9 Å². The minimum atomic E-state index is -1.30. The normalized spacial score (nSPS) is 13.5. The van der Waals surface area contributed by atoms with E-state index >= 15 is 0 Å². The second-order valence-corrected chi connectivity index (χ2v) is 5.49. The van der Waals surface area contributed by atoms with Gasteiger partial charge in [0.2, 0.25) is 0 Å². The Bertz CT molecular complexity index is 707. The van der Waals surface area contributed by atoms with Crippen LogP contribution in [0.1, 0.15) is 12.5 Å². The van der Waals surface area contributed by atoms with Crippen molar-refractivity contribution in [1.82, 2.24) is 0 Å². The first kappa shape index (κ1) is 16.2. The van der Waals surface area contributed by atoms with E-state index in [2.05, 4.69) is 5.32 Å².